The molecule has 1 aliphatic rings. The number of amides is 1. The van der Waals surface area contributed by atoms with Gasteiger partial charge in [-0.3, -0.25) is 0 Å². The predicted molar refractivity (Wildman–Crippen MR) is 92.0 cm³/mol. The van der Waals surface area contributed by atoms with Gasteiger partial charge >= 0.3 is 6.09 Å². The van der Waals surface area contributed by atoms with Gasteiger partial charge in [0.2, 0.25) is 0 Å². The maximum Gasteiger partial charge on any atom is 0.410 e. The monoisotopic (exact) mass is 360 g/mol. The van der Waals surface area contributed by atoms with Crippen LogP contribution in [0.3, 0.4) is 0 Å². The van der Waals surface area contributed by atoms with Crippen molar-refractivity contribution in [1.29, 1.82) is 0 Å². The minimum Gasteiger partial charge on any atom is -0.444 e. The smallest absolute Gasteiger partial charge is 0.410 e. The lowest BCUT2D eigenvalue weighted by Crippen LogP contribution is -2.46. The van der Waals surface area contributed by atoms with Crippen LogP contribution in [0.4, 0.5) is 4.79 Å². The predicted octanol–water partition coefficient (Wildman–Crippen LogP) is 4.49. The molecule has 1 aromatic rings. The van der Waals surface area contributed by atoms with Crippen molar-refractivity contribution in [1.82, 2.24) is 9.88 Å². The van der Waals surface area contributed by atoms with E-state index in [9.17, 15) is 4.79 Å². The highest BCUT2D eigenvalue weighted by atomic mass is 35.5. The van der Waals surface area contributed by atoms with Gasteiger partial charge < -0.3 is 14.4 Å². The summed E-state index contributed by atoms with van der Waals surface area (Å²) in [6, 6.07) is 0.198. The second-order valence-electron chi connectivity index (χ2n) is 6.74. The first-order chi connectivity index (χ1) is 10.8. The lowest BCUT2D eigenvalue weighted by Gasteiger charge is -2.36. The van der Waals surface area contributed by atoms with Crippen LogP contribution in [-0.4, -0.2) is 40.8 Å². The van der Waals surface area contributed by atoms with Crippen LogP contribution in [0.2, 0.25) is 4.47 Å². The topological polar surface area (TPSA) is 51.7 Å². The fourth-order valence-corrected chi connectivity index (χ4v) is 3.52. The quantitative estimate of drug-likeness (QED) is 0.726. The fourth-order valence-electron chi connectivity index (χ4n) is 2.60. The van der Waals surface area contributed by atoms with Crippen molar-refractivity contribution in [3.63, 3.8) is 0 Å². The Balaban J connectivity index is 1.78. The van der Waals surface area contributed by atoms with Crippen LogP contribution in [0.25, 0.3) is 0 Å². The van der Waals surface area contributed by atoms with Crippen LogP contribution >= 0.6 is 22.9 Å². The zero-order valence-electron chi connectivity index (χ0n) is 14.0. The Morgan fingerprint density at radius 1 is 1.48 bits per heavy atom. The van der Waals surface area contributed by atoms with Crippen LogP contribution in [0.1, 0.15) is 51.3 Å². The summed E-state index contributed by atoms with van der Waals surface area (Å²) in [6.07, 6.45) is 5.54. The van der Waals surface area contributed by atoms with Crippen molar-refractivity contribution < 1.29 is 14.3 Å². The third-order valence-corrected chi connectivity index (χ3v) is 4.71. The number of aromatic nitrogens is 1. The molecule has 5 nitrogen and oxygen atoms in total. The summed E-state index contributed by atoms with van der Waals surface area (Å²) in [5.74, 6) is 0. The molecular weight excluding hydrogens is 336 g/mol. The summed E-state index contributed by atoms with van der Waals surface area (Å²) >= 11 is 7.23. The lowest BCUT2D eigenvalue weighted by molar-refractivity contribution is 0.00387. The average molecular weight is 361 g/mol. The van der Waals surface area contributed by atoms with Gasteiger partial charge in [-0.2, -0.15) is 0 Å². The average Bonchev–Trinajstić information content (AvgIpc) is 2.88. The van der Waals surface area contributed by atoms with Gasteiger partial charge in [0.1, 0.15) is 5.60 Å². The standard InChI is InChI=1S/C16H25ClN2O3S/c1-16(2,3)22-15(20)19-8-5-4-6-12(19)7-9-21-11-13-10-18-14(17)23-13/h10,12H,4-9,11H2,1-3H3/t12-/m1/s1. The number of hydrogen-bond donors (Lipinski definition) is 0. The maximum absolute atomic E-state index is 12.3. The maximum atomic E-state index is 12.3. The molecule has 1 saturated heterocycles. The fraction of sp³-hybridized carbons (Fsp3) is 0.750. The Hall–Kier alpha value is -0.850. The van der Waals surface area contributed by atoms with E-state index in [-0.39, 0.29) is 12.1 Å². The molecule has 1 amide bonds. The van der Waals surface area contributed by atoms with Crippen LogP contribution in [0.5, 0.6) is 0 Å². The molecule has 130 valence electrons. The molecule has 7 heteroatoms. The SMILES string of the molecule is CC(C)(C)OC(=O)N1CCCC[C@@H]1CCOCc1cnc(Cl)s1. The second kappa shape index (κ2) is 8.31. The summed E-state index contributed by atoms with van der Waals surface area (Å²) in [7, 11) is 0. The Kier molecular flexibility index (Phi) is 6.68. The van der Waals surface area contributed by atoms with Crippen LogP contribution < -0.4 is 0 Å². The first-order valence-corrected chi connectivity index (χ1v) is 9.22. The summed E-state index contributed by atoms with van der Waals surface area (Å²) in [5.41, 5.74) is -0.457. The summed E-state index contributed by atoms with van der Waals surface area (Å²) in [5, 5.41) is 0. The second-order valence-corrected chi connectivity index (χ2v) is 8.44. The number of piperidine rings is 1. The van der Waals surface area contributed by atoms with Gasteiger partial charge in [-0.05, 0) is 46.5 Å². The van der Waals surface area contributed by atoms with Gasteiger partial charge in [0.05, 0.1) is 11.5 Å². The number of nitrogens with zero attached hydrogens (tertiary/aromatic N) is 2. The highest BCUT2D eigenvalue weighted by Gasteiger charge is 2.30. The van der Waals surface area contributed by atoms with E-state index in [1.54, 1.807) is 6.20 Å². The van der Waals surface area contributed by atoms with Gasteiger partial charge in [-0.15, -0.1) is 11.3 Å². The van der Waals surface area contributed by atoms with E-state index >= 15 is 0 Å². The van der Waals surface area contributed by atoms with E-state index in [2.05, 4.69) is 4.98 Å². The lowest BCUT2D eigenvalue weighted by atomic mass is 10.0. The number of carbonyl (C=O) groups excluding carboxylic acids is 1. The molecule has 2 heterocycles. The molecule has 0 aromatic carbocycles. The summed E-state index contributed by atoms with van der Waals surface area (Å²) in [4.78, 5) is 19.2. The molecule has 23 heavy (non-hydrogen) atoms. The van der Waals surface area contributed by atoms with E-state index < -0.39 is 5.60 Å². The van der Waals surface area contributed by atoms with Crippen molar-refractivity contribution in [3.05, 3.63) is 15.5 Å². The van der Waals surface area contributed by atoms with Crippen molar-refractivity contribution in [3.8, 4) is 0 Å². The third-order valence-electron chi connectivity index (χ3n) is 3.62. The molecule has 1 fully saturated rings. The molecule has 1 aliphatic heterocycles. The third kappa shape index (κ3) is 6.28. The highest BCUT2D eigenvalue weighted by Crippen LogP contribution is 2.23. The van der Waals surface area contributed by atoms with Crippen LogP contribution in [0.15, 0.2) is 6.20 Å². The van der Waals surface area contributed by atoms with Crippen LogP contribution in [-0.2, 0) is 16.1 Å². The van der Waals surface area contributed by atoms with Crippen molar-refractivity contribution in [2.75, 3.05) is 13.2 Å². The Morgan fingerprint density at radius 2 is 2.26 bits per heavy atom. The first-order valence-electron chi connectivity index (χ1n) is 8.03. The van der Waals surface area contributed by atoms with Gasteiger partial charge in [0, 0.05) is 25.4 Å². The first kappa shape index (κ1) is 18.5. The van der Waals surface area contributed by atoms with Gasteiger partial charge in [0.15, 0.2) is 4.47 Å². The number of rotatable bonds is 5. The molecule has 0 spiro atoms. The normalized spacial score (nSPS) is 19.0. The molecule has 1 aromatic heterocycles. The van der Waals surface area contributed by atoms with E-state index in [0.29, 0.717) is 17.7 Å². The molecule has 0 aliphatic carbocycles. The molecule has 0 radical (unpaired) electrons. The number of carbonyl (C=O) groups is 1. The molecule has 0 saturated carbocycles. The van der Waals surface area contributed by atoms with Gasteiger partial charge in [-0.1, -0.05) is 11.6 Å². The van der Waals surface area contributed by atoms with Gasteiger partial charge in [-0.25, -0.2) is 9.78 Å². The minimum absolute atomic E-state index is 0.198. The van der Waals surface area contributed by atoms with E-state index in [0.717, 1.165) is 37.1 Å². The Morgan fingerprint density at radius 3 is 2.91 bits per heavy atom. The van der Waals surface area contributed by atoms with Crippen molar-refractivity contribution in [2.24, 2.45) is 0 Å². The van der Waals surface area contributed by atoms with Crippen molar-refractivity contribution >= 4 is 29.0 Å². The molecule has 2 rings (SSSR count). The molecule has 1 atom stereocenters. The minimum atomic E-state index is -0.457. The van der Waals surface area contributed by atoms with Crippen LogP contribution in [0, 0.1) is 0 Å². The van der Waals surface area contributed by atoms with Gasteiger partial charge in [0.25, 0.3) is 0 Å². The summed E-state index contributed by atoms with van der Waals surface area (Å²) < 4.78 is 11.7. The number of thiazole rings is 1. The number of ether oxygens (including phenoxy) is 2. The molecule has 0 bridgehead atoms. The van der Waals surface area contributed by atoms with Crippen molar-refractivity contribution in [2.45, 2.75) is 64.7 Å². The zero-order valence-corrected chi connectivity index (χ0v) is 15.6. The molecular formula is C16H25ClN2O3S. The number of likely N-dealkylation sites (tertiary alicyclic amines) is 1. The number of hydrogen-bond acceptors (Lipinski definition) is 5. The summed E-state index contributed by atoms with van der Waals surface area (Å²) in [6.45, 7) is 7.58. The zero-order chi connectivity index (χ0) is 16.9. The Bertz CT molecular complexity index is 516. The van der Waals surface area contributed by atoms with E-state index in [1.165, 1.54) is 11.3 Å². The highest BCUT2D eigenvalue weighted by molar-refractivity contribution is 7.15. The van der Waals surface area contributed by atoms with E-state index in [4.69, 9.17) is 21.1 Å². The van der Waals surface area contributed by atoms with E-state index in [1.807, 2.05) is 25.7 Å². The molecule has 0 N–H and O–H groups in total. The molecule has 0 unspecified atom stereocenters. The number of halogens is 1. The largest absolute Gasteiger partial charge is 0.444 e. The Labute approximate surface area is 146 Å².